The number of carbonyl (C=O) groups excluding carboxylic acids is 1. The molecule has 1 amide bonds. The molecule has 16 heavy (non-hydrogen) atoms. The highest BCUT2D eigenvalue weighted by molar-refractivity contribution is 7.16. The molecular weight excluding hydrogens is 224 g/mol. The Labute approximate surface area is 98.7 Å². The predicted octanol–water partition coefficient (Wildman–Crippen LogP) is 1.38. The predicted molar refractivity (Wildman–Crippen MR) is 63.2 cm³/mol. The van der Waals surface area contributed by atoms with Crippen molar-refractivity contribution in [1.82, 2.24) is 15.1 Å². The van der Waals surface area contributed by atoms with Gasteiger partial charge in [0, 0.05) is 13.1 Å². The largest absolute Gasteiger partial charge is 0.374 e. The molecule has 2 N–H and O–H groups in total. The highest BCUT2D eigenvalue weighted by Gasteiger charge is 2.29. The number of nitrogen functional groups attached to an aromatic ring is 1. The SMILES string of the molecule is CC1(C)CCN(C(=O)c2nnc(N)s2)CC1. The van der Waals surface area contributed by atoms with Gasteiger partial charge in [0.05, 0.1) is 0 Å². The van der Waals surface area contributed by atoms with Crippen molar-refractivity contribution in [3.8, 4) is 0 Å². The van der Waals surface area contributed by atoms with Gasteiger partial charge in [-0.1, -0.05) is 25.2 Å². The summed E-state index contributed by atoms with van der Waals surface area (Å²) in [6, 6.07) is 0. The lowest BCUT2D eigenvalue weighted by atomic mass is 9.83. The molecular formula is C10H16N4OS. The van der Waals surface area contributed by atoms with Gasteiger partial charge >= 0.3 is 0 Å². The van der Waals surface area contributed by atoms with E-state index in [2.05, 4.69) is 24.0 Å². The lowest BCUT2D eigenvalue weighted by Crippen LogP contribution is -2.41. The highest BCUT2D eigenvalue weighted by atomic mass is 32.1. The summed E-state index contributed by atoms with van der Waals surface area (Å²) < 4.78 is 0. The number of rotatable bonds is 1. The first-order valence-electron chi connectivity index (χ1n) is 5.36. The molecule has 0 radical (unpaired) electrons. The summed E-state index contributed by atoms with van der Waals surface area (Å²) in [7, 11) is 0. The summed E-state index contributed by atoms with van der Waals surface area (Å²) >= 11 is 1.15. The van der Waals surface area contributed by atoms with Crippen LogP contribution in [0, 0.1) is 5.41 Å². The fourth-order valence-corrected chi connectivity index (χ4v) is 2.35. The van der Waals surface area contributed by atoms with Crippen molar-refractivity contribution >= 4 is 22.4 Å². The topological polar surface area (TPSA) is 72.1 Å². The molecule has 6 heteroatoms. The van der Waals surface area contributed by atoms with Gasteiger partial charge in [0.2, 0.25) is 10.1 Å². The normalized spacial score (nSPS) is 19.8. The molecule has 1 aromatic heterocycles. The Kier molecular flexibility index (Phi) is 2.84. The van der Waals surface area contributed by atoms with E-state index in [0.717, 1.165) is 37.3 Å². The molecule has 0 spiro atoms. The van der Waals surface area contributed by atoms with Gasteiger partial charge in [0.15, 0.2) is 0 Å². The zero-order valence-electron chi connectivity index (χ0n) is 9.56. The van der Waals surface area contributed by atoms with Gasteiger partial charge in [-0.15, -0.1) is 10.2 Å². The number of anilines is 1. The number of nitrogens with zero attached hydrogens (tertiary/aromatic N) is 3. The van der Waals surface area contributed by atoms with Gasteiger partial charge < -0.3 is 10.6 Å². The van der Waals surface area contributed by atoms with Gasteiger partial charge in [-0.3, -0.25) is 4.79 Å². The molecule has 0 aromatic carbocycles. The molecule has 0 aliphatic carbocycles. The van der Waals surface area contributed by atoms with E-state index in [0.29, 0.717) is 15.6 Å². The number of carbonyl (C=O) groups is 1. The number of likely N-dealkylation sites (tertiary alicyclic amines) is 1. The number of hydrogen-bond donors (Lipinski definition) is 1. The van der Waals surface area contributed by atoms with Crippen molar-refractivity contribution in [3.63, 3.8) is 0 Å². The van der Waals surface area contributed by atoms with Crippen LogP contribution in [0.4, 0.5) is 5.13 Å². The van der Waals surface area contributed by atoms with Crippen LogP contribution in [0.25, 0.3) is 0 Å². The molecule has 2 rings (SSSR count). The molecule has 1 fully saturated rings. The molecule has 1 aromatic rings. The minimum atomic E-state index is -0.0373. The summed E-state index contributed by atoms with van der Waals surface area (Å²) in [6.45, 7) is 6.06. The third kappa shape index (κ3) is 2.32. The van der Waals surface area contributed by atoms with Crippen LogP contribution in [0.3, 0.4) is 0 Å². The van der Waals surface area contributed by atoms with Crippen molar-refractivity contribution in [2.24, 2.45) is 5.41 Å². The number of nitrogens with two attached hydrogens (primary N) is 1. The van der Waals surface area contributed by atoms with E-state index in [1.165, 1.54) is 0 Å². The standard InChI is InChI=1S/C10H16N4OS/c1-10(2)3-5-14(6-4-10)8(15)7-12-13-9(11)16-7/h3-6H2,1-2H3,(H2,11,13). The van der Waals surface area contributed by atoms with E-state index in [4.69, 9.17) is 5.73 Å². The quantitative estimate of drug-likeness (QED) is 0.805. The Balaban J connectivity index is 2.02. The smallest absolute Gasteiger partial charge is 0.284 e. The lowest BCUT2D eigenvalue weighted by molar-refractivity contribution is 0.0629. The Morgan fingerprint density at radius 1 is 1.38 bits per heavy atom. The molecule has 0 atom stereocenters. The third-order valence-electron chi connectivity index (χ3n) is 3.03. The zero-order chi connectivity index (χ0) is 11.8. The maximum Gasteiger partial charge on any atom is 0.284 e. The zero-order valence-corrected chi connectivity index (χ0v) is 10.4. The van der Waals surface area contributed by atoms with Crippen LogP contribution in [0.1, 0.15) is 36.5 Å². The third-order valence-corrected chi connectivity index (χ3v) is 3.77. The number of piperidine rings is 1. The minimum absolute atomic E-state index is 0.0373. The molecule has 5 nitrogen and oxygen atoms in total. The van der Waals surface area contributed by atoms with Gasteiger partial charge in [0.1, 0.15) is 0 Å². The molecule has 2 heterocycles. The van der Waals surface area contributed by atoms with Crippen molar-refractivity contribution in [2.45, 2.75) is 26.7 Å². The summed E-state index contributed by atoms with van der Waals surface area (Å²) in [5, 5.41) is 8.19. The second kappa shape index (κ2) is 4.01. The van der Waals surface area contributed by atoms with Crippen LogP contribution < -0.4 is 5.73 Å². The van der Waals surface area contributed by atoms with Crippen molar-refractivity contribution < 1.29 is 4.79 Å². The van der Waals surface area contributed by atoms with Crippen molar-refractivity contribution in [3.05, 3.63) is 5.01 Å². The first kappa shape index (κ1) is 11.3. The Hall–Kier alpha value is -1.17. The second-order valence-electron chi connectivity index (χ2n) is 4.90. The fraction of sp³-hybridized carbons (Fsp3) is 0.700. The van der Waals surface area contributed by atoms with Crippen LogP contribution in [0.15, 0.2) is 0 Å². The summed E-state index contributed by atoms with van der Waals surface area (Å²) in [6.07, 6.45) is 2.07. The Bertz CT molecular complexity index is 391. The summed E-state index contributed by atoms with van der Waals surface area (Å²) in [4.78, 5) is 13.8. The molecule has 0 bridgehead atoms. The Morgan fingerprint density at radius 2 is 2.00 bits per heavy atom. The van der Waals surface area contributed by atoms with E-state index in [1.807, 2.05) is 4.90 Å². The van der Waals surface area contributed by atoms with Gasteiger partial charge in [-0.05, 0) is 18.3 Å². The highest BCUT2D eigenvalue weighted by Crippen LogP contribution is 2.30. The maximum atomic E-state index is 12.0. The Morgan fingerprint density at radius 3 is 2.50 bits per heavy atom. The average Bonchev–Trinajstić information content (AvgIpc) is 2.64. The molecule has 1 saturated heterocycles. The van der Waals surface area contributed by atoms with Crippen LogP contribution in [0.2, 0.25) is 0 Å². The number of hydrogen-bond acceptors (Lipinski definition) is 5. The monoisotopic (exact) mass is 240 g/mol. The van der Waals surface area contributed by atoms with E-state index >= 15 is 0 Å². The van der Waals surface area contributed by atoms with Crippen molar-refractivity contribution in [2.75, 3.05) is 18.8 Å². The van der Waals surface area contributed by atoms with Gasteiger partial charge in [-0.25, -0.2) is 0 Å². The summed E-state index contributed by atoms with van der Waals surface area (Å²) in [5.41, 5.74) is 5.81. The maximum absolute atomic E-state index is 12.0. The van der Waals surface area contributed by atoms with E-state index in [9.17, 15) is 4.79 Å². The fourth-order valence-electron chi connectivity index (χ4n) is 1.77. The van der Waals surface area contributed by atoms with Gasteiger partial charge in [-0.2, -0.15) is 0 Å². The molecule has 0 unspecified atom stereocenters. The lowest BCUT2D eigenvalue weighted by Gasteiger charge is -2.36. The van der Waals surface area contributed by atoms with Crippen LogP contribution >= 0.6 is 11.3 Å². The second-order valence-corrected chi connectivity index (χ2v) is 5.91. The van der Waals surface area contributed by atoms with Gasteiger partial charge in [0.25, 0.3) is 5.91 Å². The van der Waals surface area contributed by atoms with Crippen molar-refractivity contribution in [1.29, 1.82) is 0 Å². The van der Waals surface area contributed by atoms with E-state index in [-0.39, 0.29) is 5.91 Å². The first-order valence-corrected chi connectivity index (χ1v) is 6.18. The molecule has 0 saturated carbocycles. The molecule has 1 aliphatic heterocycles. The average molecular weight is 240 g/mol. The van der Waals surface area contributed by atoms with Crippen LogP contribution in [0.5, 0.6) is 0 Å². The van der Waals surface area contributed by atoms with Crippen LogP contribution in [-0.4, -0.2) is 34.1 Å². The first-order chi connectivity index (χ1) is 7.48. The molecule has 1 aliphatic rings. The van der Waals surface area contributed by atoms with Crippen LogP contribution in [-0.2, 0) is 0 Å². The van der Waals surface area contributed by atoms with E-state index < -0.39 is 0 Å². The number of aromatic nitrogens is 2. The minimum Gasteiger partial charge on any atom is -0.374 e. The van der Waals surface area contributed by atoms with E-state index in [1.54, 1.807) is 0 Å². The molecule has 88 valence electrons. The number of amides is 1. The summed E-state index contributed by atoms with van der Waals surface area (Å²) in [5.74, 6) is -0.0373.